The van der Waals surface area contributed by atoms with Gasteiger partial charge in [0.05, 0.1) is 6.10 Å². The molecule has 0 spiro atoms. The molecule has 0 saturated carbocycles. The van der Waals surface area contributed by atoms with E-state index in [1.165, 1.54) is 24.0 Å². The first-order valence-corrected chi connectivity index (χ1v) is 7.48. The molecule has 2 nitrogen and oxygen atoms in total. The van der Waals surface area contributed by atoms with Crippen LogP contribution in [0.1, 0.15) is 55.9 Å². The third kappa shape index (κ3) is 2.85. The summed E-state index contributed by atoms with van der Waals surface area (Å²) in [4.78, 5) is 2.47. The molecule has 1 fully saturated rings. The standard InChI is InChI=1S/C17H27NO/c1-5-17(4,18-8-6-7-9-18)16(19)15-11-13(2)10-14(3)12-15/h10-12,16,19H,5-9H2,1-4H3. The van der Waals surface area contributed by atoms with Gasteiger partial charge in [-0.15, -0.1) is 0 Å². The summed E-state index contributed by atoms with van der Waals surface area (Å²) in [6.45, 7) is 10.8. The van der Waals surface area contributed by atoms with Crippen LogP contribution in [0.5, 0.6) is 0 Å². The van der Waals surface area contributed by atoms with Crippen molar-refractivity contribution in [2.45, 2.75) is 58.6 Å². The van der Waals surface area contributed by atoms with Gasteiger partial charge in [-0.1, -0.05) is 36.2 Å². The fourth-order valence-electron chi connectivity index (χ4n) is 3.34. The maximum atomic E-state index is 10.9. The van der Waals surface area contributed by atoms with Crippen molar-refractivity contribution in [2.24, 2.45) is 0 Å². The molecule has 1 aromatic carbocycles. The molecule has 19 heavy (non-hydrogen) atoms. The lowest BCUT2D eigenvalue weighted by atomic mass is 9.84. The number of aliphatic hydroxyl groups is 1. The van der Waals surface area contributed by atoms with E-state index in [2.05, 4.69) is 50.8 Å². The highest BCUT2D eigenvalue weighted by molar-refractivity contribution is 5.31. The average molecular weight is 261 g/mol. The molecule has 1 saturated heterocycles. The Labute approximate surface area is 117 Å². The molecule has 0 bridgehead atoms. The van der Waals surface area contributed by atoms with Crippen LogP contribution in [-0.4, -0.2) is 28.6 Å². The molecule has 2 rings (SSSR count). The normalized spacial score (nSPS) is 21.3. The summed E-state index contributed by atoms with van der Waals surface area (Å²) >= 11 is 0. The maximum absolute atomic E-state index is 10.9. The summed E-state index contributed by atoms with van der Waals surface area (Å²) < 4.78 is 0. The lowest BCUT2D eigenvalue weighted by molar-refractivity contribution is -0.0140. The van der Waals surface area contributed by atoms with Gasteiger partial charge in [0.25, 0.3) is 0 Å². The van der Waals surface area contributed by atoms with Crippen LogP contribution >= 0.6 is 0 Å². The first-order valence-electron chi connectivity index (χ1n) is 7.48. The zero-order valence-corrected chi connectivity index (χ0v) is 12.7. The Kier molecular flexibility index (Phi) is 4.32. The van der Waals surface area contributed by atoms with Crippen LogP contribution in [0, 0.1) is 13.8 Å². The van der Waals surface area contributed by atoms with E-state index in [-0.39, 0.29) is 5.54 Å². The number of rotatable bonds is 4. The lowest BCUT2D eigenvalue weighted by Gasteiger charge is -2.42. The third-order valence-corrected chi connectivity index (χ3v) is 4.69. The monoisotopic (exact) mass is 261 g/mol. The van der Waals surface area contributed by atoms with Gasteiger partial charge in [-0.3, -0.25) is 4.90 Å². The summed E-state index contributed by atoms with van der Waals surface area (Å²) in [7, 11) is 0. The van der Waals surface area contributed by atoms with Crippen molar-refractivity contribution in [1.82, 2.24) is 4.90 Å². The highest BCUT2D eigenvalue weighted by Gasteiger charge is 2.39. The summed E-state index contributed by atoms with van der Waals surface area (Å²) in [6.07, 6.45) is 3.08. The zero-order valence-electron chi connectivity index (χ0n) is 12.7. The number of nitrogens with zero attached hydrogens (tertiary/aromatic N) is 1. The van der Waals surface area contributed by atoms with Crippen LogP contribution in [0.25, 0.3) is 0 Å². The Balaban J connectivity index is 2.31. The molecule has 1 aromatic rings. The molecule has 0 radical (unpaired) electrons. The third-order valence-electron chi connectivity index (χ3n) is 4.69. The zero-order chi connectivity index (χ0) is 14.0. The first kappa shape index (κ1) is 14.5. The summed E-state index contributed by atoms with van der Waals surface area (Å²) in [6, 6.07) is 6.42. The van der Waals surface area contributed by atoms with E-state index >= 15 is 0 Å². The molecule has 0 amide bonds. The lowest BCUT2D eigenvalue weighted by Crippen LogP contribution is -2.48. The molecule has 1 aliphatic heterocycles. The quantitative estimate of drug-likeness (QED) is 0.895. The molecule has 1 heterocycles. The smallest absolute Gasteiger partial charge is 0.0970 e. The van der Waals surface area contributed by atoms with E-state index in [0.29, 0.717) is 0 Å². The van der Waals surface area contributed by atoms with E-state index in [4.69, 9.17) is 0 Å². The van der Waals surface area contributed by atoms with Crippen LogP contribution in [0.15, 0.2) is 18.2 Å². The topological polar surface area (TPSA) is 23.5 Å². The van der Waals surface area contributed by atoms with Crippen LogP contribution in [0.2, 0.25) is 0 Å². The molecule has 0 aromatic heterocycles. The Morgan fingerprint density at radius 1 is 1.16 bits per heavy atom. The van der Waals surface area contributed by atoms with E-state index in [1.807, 2.05) is 0 Å². The van der Waals surface area contributed by atoms with Gasteiger partial charge < -0.3 is 5.11 Å². The Morgan fingerprint density at radius 2 is 1.68 bits per heavy atom. The van der Waals surface area contributed by atoms with E-state index in [9.17, 15) is 5.11 Å². The van der Waals surface area contributed by atoms with Crippen LogP contribution < -0.4 is 0 Å². The van der Waals surface area contributed by atoms with Gasteiger partial charge in [-0.2, -0.15) is 0 Å². The molecule has 1 N–H and O–H groups in total. The highest BCUT2D eigenvalue weighted by atomic mass is 16.3. The van der Waals surface area contributed by atoms with E-state index in [1.54, 1.807) is 0 Å². The summed E-state index contributed by atoms with van der Waals surface area (Å²) in [5.74, 6) is 0. The van der Waals surface area contributed by atoms with Gasteiger partial charge in [0.15, 0.2) is 0 Å². The second kappa shape index (κ2) is 5.64. The van der Waals surface area contributed by atoms with Crippen molar-refractivity contribution >= 4 is 0 Å². The van der Waals surface area contributed by atoms with Gasteiger partial charge in [0.2, 0.25) is 0 Å². The minimum absolute atomic E-state index is 0.142. The van der Waals surface area contributed by atoms with Crippen LogP contribution in [0.4, 0.5) is 0 Å². The van der Waals surface area contributed by atoms with E-state index in [0.717, 1.165) is 25.1 Å². The second-order valence-electron chi connectivity index (χ2n) is 6.23. The molecule has 2 unspecified atom stereocenters. The van der Waals surface area contributed by atoms with Gasteiger partial charge >= 0.3 is 0 Å². The predicted molar refractivity (Wildman–Crippen MR) is 80.4 cm³/mol. The number of hydrogen-bond acceptors (Lipinski definition) is 2. The average Bonchev–Trinajstić information content (AvgIpc) is 2.90. The molecule has 1 aliphatic rings. The molecular weight excluding hydrogens is 234 g/mol. The van der Waals surface area contributed by atoms with Crippen molar-refractivity contribution in [3.05, 3.63) is 34.9 Å². The summed E-state index contributed by atoms with van der Waals surface area (Å²) in [5.41, 5.74) is 3.38. The molecule has 2 atom stereocenters. The van der Waals surface area contributed by atoms with Crippen molar-refractivity contribution in [2.75, 3.05) is 13.1 Å². The fourth-order valence-corrected chi connectivity index (χ4v) is 3.34. The van der Waals surface area contributed by atoms with Crippen molar-refractivity contribution in [1.29, 1.82) is 0 Å². The second-order valence-corrected chi connectivity index (χ2v) is 6.23. The summed E-state index contributed by atoms with van der Waals surface area (Å²) in [5, 5.41) is 10.9. The van der Waals surface area contributed by atoms with Crippen molar-refractivity contribution in [3.8, 4) is 0 Å². The van der Waals surface area contributed by atoms with Crippen LogP contribution in [0.3, 0.4) is 0 Å². The molecule has 0 aliphatic carbocycles. The number of aliphatic hydroxyl groups excluding tert-OH is 1. The van der Waals surface area contributed by atoms with E-state index < -0.39 is 6.10 Å². The highest BCUT2D eigenvalue weighted by Crippen LogP contribution is 2.36. The molecular formula is C17H27NO. The number of hydrogen-bond donors (Lipinski definition) is 1. The molecule has 2 heteroatoms. The van der Waals surface area contributed by atoms with Crippen molar-refractivity contribution < 1.29 is 5.11 Å². The fraction of sp³-hybridized carbons (Fsp3) is 0.647. The number of benzene rings is 1. The SMILES string of the molecule is CCC(C)(C(O)c1cc(C)cc(C)c1)N1CCCC1. The minimum Gasteiger partial charge on any atom is -0.386 e. The largest absolute Gasteiger partial charge is 0.386 e. The van der Waals surface area contributed by atoms with Gasteiger partial charge in [0.1, 0.15) is 0 Å². The van der Waals surface area contributed by atoms with Gasteiger partial charge in [-0.05, 0) is 58.7 Å². The predicted octanol–water partition coefficient (Wildman–Crippen LogP) is 3.60. The first-order chi connectivity index (χ1) is 8.97. The van der Waals surface area contributed by atoms with Gasteiger partial charge in [-0.25, -0.2) is 0 Å². The number of likely N-dealkylation sites (tertiary alicyclic amines) is 1. The minimum atomic E-state index is -0.408. The van der Waals surface area contributed by atoms with Crippen molar-refractivity contribution in [3.63, 3.8) is 0 Å². The molecule has 106 valence electrons. The van der Waals surface area contributed by atoms with Gasteiger partial charge in [0, 0.05) is 5.54 Å². The number of aryl methyl sites for hydroxylation is 2. The Morgan fingerprint density at radius 3 is 2.16 bits per heavy atom. The maximum Gasteiger partial charge on any atom is 0.0970 e. The Hall–Kier alpha value is -0.860. The van der Waals surface area contributed by atoms with Crippen LogP contribution in [-0.2, 0) is 0 Å². The Bertz CT molecular complexity index is 417.